The first-order chi connectivity index (χ1) is 15.7. The number of amides is 2. The van der Waals surface area contributed by atoms with Crippen LogP contribution in [0.4, 0.5) is 4.79 Å². The van der Waals surface area contributed by atoms with Crippen LogP contribution in [0.1, 0.15) is 81.4 Å². The maximum Gasteiger partial charge on any atom is 0.410 e. The summed E-state index contributed by atoms with van der Waals surface area (Å²) in [5.74, 6) is 0.380. The minimum Gasteiger partial charge on any atom is -0.444 e. The molecule has 2 aromatic rings. The zero-order valence-electron chi connectivity index (χ0n) is 21.1. The standard InChI is InChI=1S/C26H34N2O3.C2H6/c1-19-9-8-12-22(17-19)24(29)27-23(21-10-6-5-7-11-21)18-20-13-15-28(16-14-20)25(30)31-26(2,3)4;1-2/h5-12,17,20,23H,13-16,18H2,1-4H3,(H,27,29);1-2H3. The van der Waals surface area contributed by atoms with Crippen LogP contribution in [-0.2, 0) is 4.74 Å². The van der Waals surface area contributed by atoms with Crippen molar-refractivity contribution in [2.24, 2.45) is 5.92 Å². The Morgan fingerprint density at radius 1 is 1.03 bits per heavy atom. The smallest absolute Gasteiger partial charge is 0.410 e. The quantitative estimate of drug-likeness (QED) is 0.561. The first kappa shape index (κ1) is 26.4. The Labute approximate surface area is 199 Å². The lowest BCUT2D eigenvalue weighted by Gasteiger charge is -2.35. The zero-order valence-corrected chi connectivity index (χ0v) is 21.1. The van der Waals surface area contributed by atoms with Gasteiger partial charge in [-0.2, -0.15) is 0 Å². The van der Waals surface area contributed by atoms with Crippen molar-refractivity contribution in [3.8, 4) is 0 Å². The van der Waals surface area contributed by atoms with Gasteiger partial charge < -0.3 is 15.0 Å². The molecule has 5 nitrogen and oxygen atoms in total. The largest absolute Gasteiger partial charge is 0.444 e. The first-order valence-electron chi connectivity index (χ1n) is 12.1. The maximum absolute atomic E-state index is 12.9. The molecule has 2 aromatic carbocycles. The first-order valence-corrected chi connectivity index (χ1v) is 12.1. The molecule has 1 saturated heterocycles. The Kier molecular flexibility index (Phi) is 9.95. The van der Waals surface area contributed by atoms with Crippen LogP contribution in [-0.4, -0.2) is 35.6 Å². The van der Waals surface area contributed by atoms with Crippen molar-refractivity contribution in [3.05, 3.63) is 71.3 Å². The van der Waals surface area contributed by atoms with E-state index in [-0.39, 0.29) is 18.0 Å². The van der Waals surface area contributed by atoms with Gasteiger partial charge in [-0.25, -0.2) is 4.79 Å². The van der Waals surface area contributed by atoms with E-state index in [2.05, 4.69) is 17.4 Å². The van der Waals surface area contributed by atoms with E-state index in [0.29, 0.717) is 24.6 Å². The van der Waals surface area contributed by atoms with Gasteiger partial charge in [-0.05, 0) is 70.6 Å². The molecule has 1 aliphatic rings. The van der Waals surface area contributed by atoms with Gasteiger partial charge in [-0.1, -0.05) is 61.9 Å². The Hall–Kier alpha value is -2.82. The van der Waals surface area contributed by atoms with Crippen LogP contribution >= 0.6 is 0 Å². The summed E-state index contributed by atoms with van der Waals surface area (Å²) in [5.41, 5.74) is 2.38. The molecular weight excluding hydrogens is 412 g/mol. The molecule has 0 radical (unpaired) electrons. The van der Waals surface area contributed by atoms with Gasteiger partial charge in [0.15, 0.2) is 0 Å². The molecule has 1 aliphatic heterocycles. The normalized spacial score (nSPS) is 15.2. The van der Waals surface area contributed by atoms with Crippen molar-refractivity contribution in [2.75, 3.05) is 13.1 Å². The van der Waals surface area contributed by atoms with E-state index < -0.39 is 5.60 Å². The van der Waals surface area contributed by atoms with Gasteiger partial charge in [0, 0.05) is 18.7 Å². The van der Waals surface area contributed by atoms with Crippen LogP contribution in [0.25, 0.3) is 0 Å². The third kappa shape index (κ3) is 8.56. The summed E-state index contributed by atoms with van der Waals surface area (Å²) in [7, 11) is 0. The van der Waals surface area contributed by atoms with Gasteiger partial charge in [0.2, 0.25) is 0 Å². The van der Waals surface area contributed by atoms with E-state index in [1.54, 1.807) is 4.90 Å². The molecule has 1 fully saturated rings. The number of rotatable bonds is 5. The molecule has 180 valence electrons. The van der Waals surface area contributed by atoms with Crippen LogP contribution < -0.4 is 5.32 Å². The summed E-state index contributed by atoms with van der Waals surface area (Å²) in [6.07, 6.45) is 2.42. The number of nitrogens with one attached hydrogen (secondary N) is 1. The number of ether oxygens (including phenoxy) is 1. The van der Waals surface area contributed by atoms with Gasteiger partial charge in [0.1, 0.15) is 5.60 Å². The third-order valence-electron chi connectivity index (χ3n) is 5.62. The second-order valence-corrected chi connectivity index (χ2v) is 9.45. The number of likely N-dealkylation sites (tertiary alicyclic amines) is 1. The van der Waals surface area contributed by atoms with E-state index in [9.17, 15) is 9.59 Å². The minimum absolute atomic E-state index is 0.0521. The number of piperidine rings is 1. The number of hydrogen-bond acceptors (Lipinski definition) is 3. The fraction of sp³-hybridized carbons (Fsp3) is 0.500. The summed E-state index contributed by atoms with van der Waals surface area (Å²) < 4.78 is 5.50. The lowest BCUT2D eigenvalue weighted by Crippen LogP contribution is -2.42. The second-order valence-electron chi connectivity index (χ2n) is 9.45. The fourth-order valence-corrected chi connectivity index (χ4v) is 4.00. The summed E-state index contributed by atoms with van der Waals surface area (Å²) in [6, 6.07) is 17.7. The molecule has 0 spiro atoms. The number of hydrogen-bond donors (Lipinski definition) is 1. The zero-order chi connectivity index (χ0) is 24.4. The highest BCUT2D eigenvalue weighted by Gasteiger charge is 2.29. The van der Waals surface area contributed by atoms with Gasteiger partial charge in [-0.15, -0.1) is 0 Å². The summed E-state index contributed by atoms with van der Waals surface area (Å²) in [4.78, 5) is 27.1. The molecule has 2 amide bonds. The van der Waals surface area contributed by atoms with E-state index in [1.165, 1.54) is 0 Å². The van der Waals surface area contributed by atoms with Crippen LogP contribution in [0.15, 0.2) is 54.6 Å². The molecule has 1 atom stereocenters. The molecule has 1 unspecified atom stereocenters. The Balaban J connectivity index is 0.00000187. The van der Waals surface area contributed by atoms with Crippen molar-refractivity contribution in [1.82, 2.24) is 10.2 Å². The van der Waals surface area contributed by atoms with Crippen molar-refractivity contribution < 1.29 is 14.3 Å². The maximum atomic E-state index is 12.9. The molecular formula is C28H40N2O3. The second kappa shape index (κ2) is 12.4. The van der Waals surface area contributed by atoms with Crippen LogP contribution in [0.5, 0.6) is 0 Å². The highest BCUT2D eigenvalue weighted by molar-refractivity contribution is 5.94. The number of carbonyl (C=O) groups is 2. The molecule has 3 rings (SSSR count). The SMILES string of the molecule is CC.Cc1cccc(C(=O)NC(CC2CCN(C(=O)OC(C)(C)C)CC2)c2ccccc2)c1. The van der Waals surface area contributed by atoms with Crippen molar-refractivity contribution in [3.63, 3.8) is 0 Å². The van der Waals surface area contributed by atoms with E-state index in [0.717, 1.165) is 30.4 Å². The number of aryl methyl sites for hydroxylation is 1. The topological polar surface area (TPSA) is 58.6 Å². The van der Waals surface area contributed by atoms with Gasteiger partial charge in [-0.3, -0.25) is 4.79 Å². The summed E-state index contributed by atoms with van der Waals surface area (Å²) >= 11 is 0. The summed E-state index contributed by atoms with van der Waals surface area (Å²) in [6.45, 7) is 13.0. The fourth-order valence-electron chi connectivity index (χ4n) is 4.00. The van der Waals surface area contributed by atoms with Crippen molar-refractivity contribution in [1.29, 1.82) is 0 Å². The van der Waals surface area contributed by atoms with Crippen LogP contribution in [0.3, 0.4) is 0 Å². The Morgan fingerprint density at radius 3 is 2.24 bits per heavy atom. The summed E-state index contributed by atoms with van der Waals surface area (Å²) in [5, 5.41) is 3.24. The molecule has 33 heavy (non-hydrogen) atoms. The van der Waals surface area contributed by atoms with Gasteiger partial charge in [0.25, 0.3) is 5.91 Å². The minimum atomic E-state index is -0.480. The predicted molar refractivity (Wildman–Crippen MR) is 134 cm³/mol. The van der Waals surface area contributed by atoms with E-state index >= 15 is 0 Å². The molecule has 0 aromatic heterocycles. The molecule has 1 heterocycles. The van der Waals surface area contributed by atoms with Crippen molar-refractivity contribution >= 4 is 12.0 Å². The lowest BCUT2D eigenvalue weighted by molar-refractivity contribution is 0.0178. The number of benzene rings is 2. The van der Waals surface area contributed by atoms with Crippen LogP contribution in [0, 0.1) is 12.8 Å². The van der Waals surface area contributed by atoms with Crippen LogP contribution in [0.2, 0.25) is 0 Å². The molecule has 0 bridgehead atoms. The average Bonchev–Trinajstić information content (AvgIpc) is 2.80. The molecule has 0 saturated carbocycles. The lowest BCUT2D eigenvalue weighted by atomic mass is 9.87. The number of carbonyl (C=O) groups excluding carboxylic acids is 2. The predicted octanol–water partition coefficient (Wildman–Crippen LogP) is 6.53. The Morgan fingerprint density at radius 2 is 1.67 bits per heavy atom. The van der Waals surface area contributed by atoms with Gasteiger partial charge in [0.05, 0.1) is 6.04 Å². The Bertz CT molecular complexity index is 882. The number of nitrogens with zero attached hydrogens (tertiary/aromatic N) is 1. The highest BCUT2D eigenvalue weighted by atomic mass is 16.6. The average molecular weight is 453 g/mol. The van der Waals surface area contributed by atoms with Gasteiger partial charge >= 0.3 is 6.09 Å². The van der Waals surface area contributed by atoms with E-state index in [1.807, 2.05) is 84.0 Å². The third-order valence-corrected chi connectivity index (χ3v) is 5.62. The van der Waals surface area contributed by atoms with Crippen molar-refractivity contribution in [2.45, 2.75) is 72.4 Å². The van der Waals surface area contributed by atoms with E-state index in [4.69, 9.17) is 4.74 Å². The molecule has 5 heteroatoms. The highest BCUT2D eigenvalue weighted by Crippen LogP contribution is 2.29. The molecule has 1 N–H and O–H groups in total. The monoisotopic (exact) mass is 452 g/mol. The molecule has 0 aliphatic carbocycles.